The molecule has 0 bridgehead atoms. The Morgan fingerprint density at radius 1 is 1.45 bits per heavy atom. The number of hydrogen-bond donors (Lipinski definition) is 3. The van der Waals surface area contributed by atoms with Gasteiger partial charge in [0.25, 0.3) is 10.0 Å². The predicted octanol–water partition coefficient (Wildman–Crippen LogP) is 0.285. The molecule has 0 amide bonds. The molecule has 1 aliphatic rings. The zero-order chi connectivity index (χ0) is 14.8. The first-order chi connectivity index (χ1) is 9.44. The van der Waals surface area contributed by atoms with E-state index in [0.29, 0.717) is 12.1 Å². The Bertz CT molecular complexity index is 558. The molecule has 1 saturated carbocycles. The molecule has 0 atom stereocenters. The van der Waals surface area contributed by atoms with Gasteiger partial charge in [0.05, 0.1) is 5.60 Å². The van der Waals surface area contributed by atoms with Crippen LogP contribution in [-0.2, 0) is 21.3 Å². The maximum Gasteiger partial charge on any atom is 0.260 e. The second-order valence-corrected chi connectivity index (χ2v) is 6.91. The van der Waals surface area contributed by atoms with E-state index in [-0.39, 0.29) is 17.2 Å². The van der Waals surface area contributed by atoms with Crippen molar-refractivity contribution in [3.8, 4) is 0 Å². The average Bonchev–Trinajstić information content (AvgIpc) is 2.72. The van der Waals surface area contributed by atoms with Crippen molar-refractivity contribution < 1.29 is 13.2 Å². The minimum atomic E-state index is -3.62. The quantitative estimate of drug-likeness (QED) is 0.672. The van der Waals surface area contributed by atoms with Gasteiger partial charge in [0.1, 0.15) is 0 Å². The van der Waals surface area contributed by atoms with Crippen molar-refractivity contribution in [3.05, 3.63) is 11.3 Å². The summed E-state index contributed by atoms with van der Waals surface area (Å²) < 4.78 is 32.8. The second-order valence-electron chi connectivity index (χ2n) is 5.23. The smallest absolute Gasteiger partial charge is 0.260 e. The highest BCUT2D eigenvalue weighted by Gasteiger charge is 2.38. The molecule has 114 valence electrons. The van der Waals surface area contributed by atoms with E-state index in [1.807, 2.05) is 0 Å². The molecule has 0 radical (unpaired) electrons. The van der Waals surface area contributed by atoms with Gasteiger partial charge in [-0.25, -0.2) is 13.1 Å². The first kappa shape index (κ1) is 15.4. The molecule has 1 heterocycles. The maximum absolute atomic E-state index is 12.4. The largest absolute Gasteiger partial charge is 0.377 e. The van der Waals surface area contributed by atoms with Gasteiger partial charge in [-0.3, -0.25) is 5.10 Å². The standard InChI is InChI=1S/C12H22N4O3S/c1-9-10(7-13-2)11(16-15-9)20(17,18)14-8-12(19-3)5-4-6-12/h13-14H,4-8H2,1-3H3,(H,15,16). The van der Waals surface area contributed by atoms with Crippen LogP contribution < -0.4 is 10.0 Å². The number of aromatic nitrogens is 2. The SMILES string of the molecule is CNCc1c(S(=O)(=O)NCC2(OC)CCC2)n[nH]c1C. The summed E-state index contributed by atoms with van der Waals surface area (Å²) in [5.74, 6) is 0. The van der Waals surface area contributed by atoms with Gasteiger partial charge in [-0.2, -0.15) is 5.10 Å². The van der Waals surface area contributed by atoms with Crippen LogP contribution >= 0.6 is 0 Å². The summed E-state index contributed by atoms with van der Waals surface area (Å²) in [6.07, 6.45) is 2.84. The summed E-state index contributed by atoms with van der Waals surface area (Å²) in [5, 5.41) is 9.66. The van der Waals surface area contributed by atoms with Gasteiger partial charge in [-0.05, 0) is 33.2 Å². The highest BCUT2D eigenvalue weighted by molar-refractivity contribution is 7.89. The zero-order valence-corrected chi connectivity index (χ0v) is 12.9. The third-order valence-corrected chi connectivity index (χ3v) is 5.30. The van der Waals surface area contributed by atoms with Gasteiger partial charge in [-0.1, -0.05) is 0 Å². The summed E-state index contributed by atoms with van der Waals surface area (Å²) in [6.45, 7) is 2.55. The van der Waals surface area contributed by atoms with E-state index in [0.717, 1.165) is 25.0 Å². The van der Waals surface area contributed by atoms with Gasteiger partial charge in [-0.15, -0.1) is 0 Å². The number of aryl methyl sites for hydroxylation is 1. The van der Waals surface area contributed by atoms with Crippen molar-refractivity contribution in [1.82, 2.24) is 20.2 Å². The number of H-pyrrole nitrogens is 1. The first-order valence-electron chi connectivity index (χ1n) is 6.67. The lowest BCUT2D eigenvalue weighted by molar-refractivity contribution is -0.0659. The van der Waals surface area contributed by atoms with E-state index in [1.54, 1.807) is 21.1 Å². The molecule has 2 rings (SSSR count). The number of methoxy groups -OCH3 is 1. The van der Waals surface area contributed by atoms with E-state index in [4.69, 9.17) is 4.74 Å². The number of rotatable bonds is 7. The van der Waals surface area contributed by atoms with Crippen molar-refractivity contribution in [2.45, 2.75) is 43.4 Å². The summed E-state index contributed by atoms with van der Waals surface area (Å²) in [5.41, 5.74) is 1.08. The summed E-state index contributed by atoms with van der Waals surface area (Å²) in [4.78, 5) is 0. The fourth-order valence-electron chi connectivity index (χ4n) is 2.36. The zero-order valence-electron chi connectivity index (χ0n) is 12.1. The Balaban J connectivity index is 2.14. The molecule has 0 aliphatic heterocycles. The second kappa shape index (κ2) is 5.80. The lowest BCUT2D eigenvalue weighted by Gasteiger charge is -2.40. The normalized spacial score (nSPS) is 17.9. The van der Waals surface area contributed by atoms with Crippen molar-refractivity contribution in [3.63, 3.8) is 0 Å². The molecule has 0 aromatic carbocycles. The first-order valence-corrected chi connectivity index (χ1v) is 8.16. The Labute approximate surface area is 119 Å². The maximum atomic E-state index is 12.4. The number of nitrogens with zero attached hydrogens (tertiary/aromatic N) is 1. The lowest BCUT2D eigenvalue weighted by atomic mass is 9.80. The van der Waals surface area contributed by atoms with Crippen molar-refractivity contribution in [2.75, 3.05) is 20.7 Å². The monoisotopic (exact) mass is 302 g/mol. The predicted molar refractivity (Wildman–Crippen MR) is 74.9 cm³/mol. The van der Waals surface area contributed by atoms with E-state index in [2.05, 4.69) is 20.2 Å². The lowest BCUT2D eigenvalue weighted by Crippen LogP contribution is -2.49. The Morgan fingerprint density at radius 3 is 2.65 bits per heavy atom. The van der Waals surface area contributed by atoms with Gasteiger partial charge in [0, 0.05) is 31.5 Å². The number of hydrogen-bond acceptors (Lipinski definition) is 5. The van der Waals surface area contributed by atoms with Crippen LogP contribution in [0.3, 0.4) is 0 Å². The van der Waals surface area contributed by atoms with Gasteiger partial charge < -0.3 is 10.1 Å². The van der Waals surface area contributed by atoms with Crippen molar-refractivity contribution >= 4 is 10.0 Å². The fraction of sp³-hybridized carbons (Fsp3) is 0.750. The van der Waals surface area contributed by atoms with Crippen LogP contribution in [0.2, 0.25) is 0 Å². The van der Waals surface area contributed by atoms with E-state index < -0.39 is 10.0 Å². The molecule has 20 heavy (non-hydrogen) atoms. The fourth-order valence-corrected chi connectivity index (χ4v) is 3.66. The van der Waals surface area contributed by atoms with E-state index >= 15 is 0 Å². The topological polar surface area (TPSA) is 96.1 Å². The molecule has 8 heteroatoms. The third kappa shape index (κ3) is 2.88. The van der Waals surface area contributed by atoms with Gasteiger partial charge in [0.15, 0.2) is 5.03 Å². The number of ether oxygens (including phenoxy) is 1. The molecule has 1 aromatic rings. The Hall–Kier alpha value is -0.960. The minimum absolute atomic E-state index is 0.0647. The minimum Gasteiger partial charge on any atom is -0.377 e. The van der Waals surface area contributed by atoms with Crippen molar-refractivity contribution in [2.24, 2.45) is 0 Å². The van der Waals surface area contributed by atoms with Crippen LogP contribution in [0.4, 0.5) is 0 Å². The molecule has 0 unspecified atom stereocenters. The average molecular weight is 302 g/mol. The summed E-state index contributed by atoms with van der Waals surface area (Å²) >= 11 is 0. The molecule has 7 nitrogen and oxygen atoms in total. The molecule has 1 aliphatic carbocycles. The van der Waals surface area contributed by atoms with Crippen LogP contribution in [0.1, 0.15) is 30.5 Å². The molecule has 0 spiro atoms. The number of aromatic amines is 1. The van der Waals surface area contributed by atoms with Crippen LogP contribution in [-0.4, -0.2) is 44.9 Å². The Morgan fingerprint density at radius 2 is 2.15 bits per heavy atom. The Kier molecular flexibility index (Phi) is 4.48. The molecular formula is C12H22N4O3S. The number of sulfonamides is 1. The van der Waals surface area contributed by atoms with Crippen molar-refractivity contribution in [1.29, 1.82) is 0 Å². The molecular weight excluding hydrogens is 280 g/mol. The van der Waals surface area contributed by atoms with E-state index in [9.17, 15) is 8.42 Å². The molecule has 0 saturated heterocycles. The van der Waals surface area contributed by atoms with Gasteiger partial charge >= 0.3 is 0 Å². The highest BCUT2D eigenvalue weighted by Crippen LogP contribution is 2.34. The van der Waals surface area contributed by atoms with Crippen LogP contribution in [0, 0.1) is 6.92 Å². The summed E-state index contributed by atoms with van der Waals surface area (Å²) in [6, 6.07) is 0. The van der Waals surface area contributed by atoms with E-state index in [1.165, 1.54) is 0 Å². The van der Waals surface area contributed by atoms with Gasteiger partial charge in [0.2, 0.25) is 0 Å². The molecule has 1 fully saturated rings. The summed E-state index contributed by atoms with van der Waals surface area (Å²) in [7, 11) is -0.232. The van der Waals surface area contributed by atoms with Crippen LogP contribution in [0.15, 0.2) is 5.03 Å². The van der Waals surface area contributed by atoms with Crippen LogP contribution in [0.25, 0.3) is 0 Å². The molecule has 1 aromatic heterocycles. The highest BCUT2D eigenvalue weighted by atomic mass is 32.2. The third-order valence-electron chi connectivity index (χ3n) is 3.93. The molecule has 3 N–H and O–H groups in total. The van der Waals surface area contributed by atoms with Crippen LogP contribution in [0.5, 0.6) is 0 Å². The number of nitrogens with one attached hydrogen (secondary N) is 3.